The van der Waals surface area contributed by atoms with Crippen molar-refractivity contribution in [2.24, 2.45) is 5.92 Å². The number of rotatable bonds is 8. The topological polar surface area (TPSA) is 101 Å². The van der Waals surface area contributed by atoms with Crippen molar-refractivity contribution >= 4 is 33.4 Å². The van der Waals surface area contributed by atoms with E-state index in [-0.39, 0.29) is 29.4 Å². The molecule has 0 saturated carbocycles. The minimum atomic E-state index is -3.61. The number of sulfonamides is 1. The van der Waals surface area contributed by atoms with Gasteiger partial charge in [-0.3, -0.25) is 9.59 Å². The SMILES string of the molecule is O=C(O)CCC(=O)c1ccc2c(c1)CC(CNS(=O)(=O)c1ccc(Cl)cc1)C2. The predicted molar refractivity (Wildman–Crippen MR) is 105 cm³/mol. The van der Waals surface area contributed by atoms with Crippen LogP contribution >= 0.6 is 11.6 Å². The minimum Gasteiger partial charge on any atom is -0.481 e. The first-order chi connectivity index (χ1) is 13.2. The van der Waals surface area contributed by atoms with Crippen molar-refractivity contribution in [3.63, 3.8) is 0 Å². The second kappa shape index (κ2) is 8.43. The Balaban J connectivity index is 1.61. The molecule has 2 aromatic carbocycles. The molecule has 0 amide bonds. The largest absolute Gasteiger partial charge is 0.481 e. The highest BCUT2D eigenvalue weighted by Gasteiger charge is 2.24. The molecule has 2 N–H and O–H groups in total. The molecule has 0 radical (unpaired) electrons. The highest BCUT2D eigenvalue weighted by Crippen LogP contribution is 2.28. The van der Waals surface area contributed by atoms with Crippen LogP contribution in [0.3, 0.4) is 0 Å². The number of Topliss-reactive ketones (excluding diaryl/α,β-unsaturated/α-hetero) is 1. The highest BCUT2D eigenvalue weighted by molar-refractivity contribution is 7.89. The Labute approximate surface area is 168 Å². The van der Waals surface area contributed by atoms with Gasteiger partial charge >= 0.3 is 5.97 Å². The number of hydrogen-bond acceptors (Lipinski definition) is 4. The monoisotopic (exact) mass is 421 g/mol. The van der Waals surface area contributed by atoms with Crippen LogP contribution in [0.15, 0.2) is 47.4 Å². The van der Waals surface area contributed by atoms with Crippen LogP contribution in [0, 0.1) is 5.92 Å². The predicted octanol–water partition coefficient (Wildman–Crippen LogP) is 3.08. The second-order valence-corrected chi connectivity index (χ2v) is 9.08. The molecule has 0 aromatic heterocycles. The number of halogens is 1. The first kappa shape index (κ1) is 20.5. The van der Waals surface area contributed by atoms with Crippen molar-refractivity contribution in [2.75, 3.05) is 6.54 Å². The lowest BCUT2D eigenvalue weighted by Crippen LogP contribution is -2.29. The summed E-state index contributed by atoms with van der Waals surface area (Å²) in [7, 11) is -3.61. The van der Waals surface area contributed by atoms with Crippen LogP contribution < -0.4 is 4.72 Å². The lowest BCUT2D eigenvalue weighted by atomic mass is 10.0. The Morgan fingerprint density at radius 2 is 1.71 bits per heavy atom. The van der Waals surface area contributed by atoms with E-state index < -0.39 is 16.0 Å². The van der Waals surface area contributed by atoms with Gasteiger partial charge < -0.3 is 5.11 Å². The van der Waals surface area contributed by atoms with Gasteiger partial charge in [0.15, 0.2) is 5.78 Å². The fraction of sp³-hybridized carbons (Fsp3) is 0.300. The molecule has 0 heterocycles. The number of carboxylic acid groups (broad SMARTS) is 1. The normalized spacial score (nSPS) is 16.0. The number of aliphatic carboxylic acids is 1. The highest BCUT2D eigenvalue weighted by atomic mass is 35.5. The first-order valence-electron chi connectivity index (χ1n) is 8.86. The Bertz CT molecular complexity index is 1000. The molecule has 1 unspecified atom stereocenters. The number of ketones is 1. The molecule has 3 rings (SSSR count). The summed E-state index contributed by atoms with van der Waals surface area (Å²) >= 11 is 5.80. The molecular formula is C20H20ClNO5S. The van der Waals surface area contributed by atoms with Crippen LogP contribution in [0.25, 0.3) is 0 Å². The summed E-state index contributed by atoms with van der Waals surface area (Å²) in [6.45, 7) is 0.294. The molecule has 0 aliphatic heterocycles. The standard InChI is InChI=1S/C20H20ClNO5S/c21-17-3-5-18(6-4-17)28(26,27)22-12-13-9-14-1-2-15(11-16(14)10-13)19(23)7-8-20(24)25/h1-6,11,13,22H,7-10,12H2,(H,24,25). The van der Waals surface area contributed by atoms with Crippen molar-refractivity contribution in [2.45, 2.75) is 30.6 Å². The molecule has 28 heavy (non-hydrogen) atoms. The molecule has 8 heteroatoms. The third kappa shape index (κ3) is 4.98. The Morgan fingerprint density at radius 1 is 1.04 bits per heavy atom. The smallest absolute Gasteiger partial charge is 0.303 e. The third-order valence-corrected chi connectivity index (χ3v) is 6.49. The maximum Gasteiger partial charge on any atom is 0.303 e. The zero-order chi connectivity index (χ0) is 20.3. The van der Waals surface area contributed by atoms with Crippen molar-refractivity contribution in [1.82, 2.24) is 4.72 Å². The number of carboxylic acids is 1. The van der Waals surface area contributed by atoms with Crippen molar-refractivity contribution in [1.29, 1.82) is 0 Å². The maximum atomic E-state index is 12.4. The number of nitrogens with one attached hydrogen (secondary N) is 1. The molecule has 0 bridgehead atoms. The van der Waals surface area contributed by atoms with E-state index in [0.29, 0.717) is 23.6 Å². The molecule has 0 fully saturated rings. The summed E-state index contributed by atoms with van der Waals surface area (Å²) in [5.41, 5.74) is 2.60. The van der Waals surface area contributed by atoms with E-state index in [0.717, 1.165) is 17.5 Å². The summed E-state index contributed by atoms with van der Waals surface area (Å²) in [6.07, 6.45) is 1.17. The van der Waals surface area contributed by atoms with Crippen LogP contribution in [0.4, 0.5) is 0 Å². The van der Waals surface area contributed by atoms with Gasteiger partial charge in [-0.05, 0) is 60.2 Å². The molecular weight excluding hydrogens is 402 g/mol. The lowest BCUT2D eigenvalue weighted by Gasteiger charge is -2.11. The Morgan fingerprint density at radius 3 is 2.39 bits per heavy atom. The lowest BCUT2D eigenvalue weighted by molar-refractivity contribution is -0.136. The van der Waals surface area contributed by atoms with E-state index in [4.69, 9.17) is 16.7 Å². The number of carbonyl (C=O) groups excluding carboxylic acids is 1. The molecule has 0 spiro atoms. The van der Waals surface area contributed by atoms with E-state index >= 15 is 0 Å². The summed E-state index contributed by atoms with van der Waals surface area (Å²) < 4.78 is 27.4. The van der Waals surface area contributed by atoms with E-state index in [1.54, 1.807) is 12.1 Å². The van der Waals surface area contributed by atoms with Gasteiger partial charge in [0.1, 0.15) is 0 Å². The Hall–Kier alpha value is -2.22. The van der Waals surface area contributed by atoms with Gasteiger partial charge in [-0.15, -0.1) is 0 Å². The van der Waals surface area contributed by atoms with Gasteiger partial charge in [-0.25, -0.2) is 13.1 Å². The van der Waals surface area contributed by atoms with Gasteiger partial charge in [0.25, 0.3) is 0 Å². The minimum absolute atomic E-state index is 0.0293. The summed E-state index contributed by atoms with van der Waals surface area (Å²) in [6, 6.07) is 11.4. The van der Waals surface area contributed by atoms with E-state index in [2.05, 4.69) is 4.72 Å². The van der Waals surface area contributed by atoms with Gasteiger partial charge in [0.05, 0.1) is 11.3 Å². The van der Waals surface area contributed by atoms with E-state index in [1.807, 2.05) is 6.07 Å². The van der Waals surface area contributed by atoms with Gasteiger partial charge in [0, 0.05) is 23.6 Å². The first-order valence-corrected chi connectivity index (χ1v) is 10.7. The van der Waals surface area contributed by atoms with Gasteiger partial charge in [-0.2, -0.15) is 0 Å². The third-order valence-electron chi connectivity index (χ3n) is 4.80. The second-order valence-electron chi connectivity index (χ2n) is 6.88. The van der Waals surface area contributed by atoms with Gasteiger partial charge in [0.2, 0.25) is 10.0 Å². The molecule has 1 aliphatic rings. The molecule has 0 saturated heterocycles. The molecule has 148 valence electrons. The fourth-order valence-electron chi connectivity index (χ4n) is 3.32. The number of hydrogen-bond donors (Lipinski definition) is 2. The van der Waals surface area contributed by atoms with Crippen LogP contribution in [0.2, 0.25) is 5.02 Å². The van der Waals surface area contributed by atoms with Crippen molar-refractivity contribution in [3.8, 4) is 0 Å². The number of carbonyl (C=O) groups is 2. The molecule has 6 nitrogen and oxygen atoms in total. The van der Waals surface area contributed by atoms with Gasteiger partial charge in [-0.1, -0.05) is 23.7 Å². The van der Waals surface area contributed by atoms with Crippen LogP contribution in [-0.2, 0) is 27.7 Å². The van der Waals surface area contributed by atoms with Crippen LogP contribution in [-0.4, -0.2) is 31.8 Å². The summed E-state index contributed by atoms with van der Waals surface area (Å²) in [4.78, 5) is 22.9. The van der Waals surface area contributed by atoms with Crippen molar-refractivity contribution < 1.29 is 23.1 Å². The molecule has 2 aromatic rings. The van der Waals surface area contributed by atoms with Crippen LogP contribution in [0.1, 0.15) is 34.3 Å². The average Bonchev–Trinajstić information content (AvgIpc) is 3.07. The maximum absolute atomic E-state index is 12.4. The van der Waals surface area contributed by atoms with Crippen LogP contribution in [0.5, 0.6) is 0 Å². The summed E-state index contributed by atoms with van der Waals surface area (Å²) in [5, 5.41) is 9.18. The summed E-state index contributed by atoms with van der Waals surface area (Å²) in [5.74, 6) is -1.10. The quantitative estimate of drug-likeness (QED) is 0.638. The zero-order valence-electron chi connectivity index (χ0n) is 15.0. The van der Waals surface area contributed by atoms with E-state index in [1.165, 1.54) is 24.3 Å². The van der Waals surface area contributed by atoms with E-state index in [9.17, 15) is 18.0 Å². The number of fused-ring (bicyclic) bond motifs is 1. The molecule has 1 aliphatic carbocycles. The average molecular weight is 422 g/mol. The molecule has 1 atom stereocenters. The fourth-order valence-corrected chi connectivity index (χ4v) is 4.56. The number of benzene rings is 2. The zero-order valence-corrected chi connectivity index (χ0v) is 16.6. The van der Waals surface area contributed by atoms with Crippen molar-refractivity contribution in [3.05, 3.63) is 64.2 Å². The Kier molecular flexibility index (Phi) is 6.17.